The van der Waals surface area contributed by atoms with Gasteiger partial charge in [0.1, 0.15) is 24.7 Å². The van der Waals surface area contributed by atoms with Crippen LogP contribution in [-0.4, -0.2) is 74.4 Å². The van der Waals surface area contributed by atoms with Crippen molar-refractivity contribution < 1.29 is 28.7 Å². The normalized spacial score (nSPS) is 16.7. The maximum Gasteiger partial charge on any atom is 0.251 e. The second-order valence-electron chi connectivity index (χ2n) is 9.01. The summed E-state index contributed by atoms with van der Waals surface area (Å²) in [6.07, 6.45) is 2.18. The van der Waals surface area contributed by atoms with Gasteiger partial charge in [0.25, 0.3) is 5.91 Å². The van der Waals surface area contributed by atoms with Crippen LogP contribution in [-0.2, 0) is 19.1 Å². The largest absolute Gasteiger partial charge is 0.495 e. The molecule has 0 radical (unpaired) electrons. The van der Waals surface area contributed by atoms with Crippen LogP contribution in [0.2, 0.25) is 0 Å². The maximum absolute atomic E-state index is 13.0. The number of methoxy groups -OCH3 is 1. The quantitative estimate of drug-likeness (QED) is 0.265. The number of nitrogens with zero attached hydrogens (tertiary/aromatic N) is 1. The van der Waals surface area contributed by atoms with Crippen molar-refractivity contribution in [3.63, 3.8) is 0 Å². The number of anilines is 1. The number of carbonyl (C=O) groups is 4. The minimum Gasteiger partial charge on any atom is -0.495 e. The molecule has 2 atom stereocenters. The summed E-state index contributed by atoms with van der Waals surface area (Å²) in [4.78, 5) is 50.4. The molecule has 1 aliphatic heterocycles. The maximum atomic E-state index is 13.0. The number of likely N-dealkylation sites (tertiary alicyclic amines) is 1. The van der Waals surface area contributed by atoms with E-state index in [2.05, 4.69) is 10.6 Å². The van der Waals surface area contributed by atoms with Gasteiger partial charge >= 0.3 is 0 Å². The molecule has 1 heterocycles. The third-order valence-corrected chi connectivity index (χ3v) is 5.42. The Hall–Kier alpha value is -3.14. The third kappa shape index (κ3) is 7.18. The van der Waals surface area contributed by atoms with E-state index in [1.54, 1.807) is 12.1 Å². The van der Waals surface area contributed by atoms with Gasteiger partial charge in [-0.05, 0) is 36.5 Å². The molecular weight excluding hydrogens is 428 g/mol. The number of carbonyl (C=O) groups excluding carboxylic acids is 4. The highest BCUT2D eigenvalue weighted by atomic mass is 16.5. The lowest BCUT2D eigenvalue weighted by Crippen LogP contribution is -2.56. The molecule has 10 nitrogen and oxygen atoms in total. The Morgan fingerprint density at radius 3 is 2.67 bits per heavy atom. The summed E-state index contributed by atoms with van der Waals surface area (Å²) in [5.41, 5.74) is 6.02. The van der Waals surface area contributed by atoms with Gasteiger partial charge in [0.2, 0.25) is 11.8 Å². The van der Waals surface area contributed by atoms with E-state index in [1.807, 2.05) is 20.8 Å². The van der Waals surface area contributed by atoms with E-state index < -0.39 is 23.4 Å². The molecule has 0 saturated carbocycles. The molecule has 182 valence electrons. The average Bonchev–Trinajstić information content (AvgIpc) is 3.25. The number of benzene rings is 1. The Bertz CT molecular complexity index is 867. The Morgan fingerprint density at radius 2 is 2.03 bits per heavy atom. The number of aldehydes is 1. The van der Waals surface area contributed by atoms with Crippen molar-refractivity contribution >= 4 is 29.7 Å². The van der Waals surface area contributed by atoms with Crippen molar-refractivity contribution in [3.8, 4) is 5.75 Å². The van der Waals surface area contributed by atoms with Crippen molar-refractivity contribution in [2.45, 2.75) is 45.7 Å². The van der Waals surface area contributed by atoms with Crippen LogP contribution in [0.25, 0.3) is 0 Å². The van der Waals surface area contributed by atoms with E-state index in [0.29, 0.717) is 30.0 Å². The van der Waals surface area contributed by atoms with Crippen LogP contribution in [0.15, 0.2) is 18.2 Å². The van der Waals surface area contributed by atoms with Crippen molar-refractivity contribution in [2.24, 2.45) is 5.41 Å². The zero-order valence-electron chi connectivity index (χ0n) is 19.7. The Balaban J connectivity index is 1.80. The van der Waals surface area contributed by atoms with Crippen LogP contribution in [0.3, 0.4) is 0 Å². The lowest BCUT2D eigenvalue weighted by atomic mass is 9.85. The molecule has 1 saturated heterocycles. The molecule has 3 amide bonds. The fourth-order valence-corrected chi connectivity index (χ4v) is 3.58. The monoisotopic (exact) mass is 462 g/mol. The fraction of sp³-hybridized carbons (Fsp3) is 0.565. The Morgan fingerprint density at radius 1 is 1.30 bits per heavy atom. The second kappa shape index (κ2) is 11.6. The van der Waals surface area contributed by atoms with Gasteiger partial charge in [-0.2, -0.15) is 0 Å². The topological polar surface area (TPSA) is 140 Å². The van der Waals surface area contributed by atoms with E-state index in [9.17, 15) is 19.2 Å². The number of ether oxygens (including phenoxy) is 2. The molecular formula is C23H34N4O6. The molecule has 0 aromatic heterocycles. The highest BCUT2D eigenvalue weighted by Crippen LogP contribution is 2.25. The number of rotatable bonds is 10. The van der Waals surface area contributed by atoms with Gasteiger partial charge in [0.15, 0.2) is 0 Å². The molecule has 10 heteroatoms. The number of hydrogen-bond donors (Lipinski definition) is 3. The van der Waals surface area contributed by atoms with Gasteiger partial charge in [-0.1, -0.05) is 20.8 Å². The van der Waals surface area contributed by atoms with Gasteiger partial charge in [0.05, 0.1) is 25.4 Å². The summed E-state index contributed by atoms with van der Waals surface area (Å²) < 4.78 is 10.5. The summed E-state index contributed by atoms with van der Waals surface area (Å²) >= 11 is 0. The second-order valence-corrected chi connectivity index (χ2v) is 9.01. The minimum absolute atomic E-state index is 0.110. The van der Waals surface area contributed by atoms with Crippen LogP contribution in [0.5, 0.6) is 5.75 Å². The number of nitrogens with two attached hydrogens (primary N) is 1. The predicted octanol–water partition coefficient (Wildman–Crippen LogP) is 0.745. The van der Waals surface area contributed by atoms with Gasteiger partial charge in [0, 0.05) is 18.7 Å². The number of hydrogen-bond acceptors (Lipinski definition) is 7. The molecule has 0 aliphatic carbocycles. The highest BCUT2D eigenvalue weighted by molar-refractivity contribution is 5.95. The zero-order chi connectivity index (χ0) is 24.6. The molecule has 4 N–H and O–H groups in total. The Kier molecular flexibility index (Phi) is 9.22. The number of nitrogen functional groups attached to an aromatic ring is 1. The predicted molar refractivity (Wildman–Crippen MR) is 123 cm³/mol. The zero-order valence-corrected chi connectivity index (χ0v) is 19.7. The summed E-state index contributed by atoms with van der Waals surface area (Å²) in [7, 11) is 1.47. The molecule has 1 aromatic rings. The number of nitrogens with one attached hydrogen (secondary N) is 2. The first-order valence-electron chi connectivity index (χ1n) is 10.9. The fourth-order valence-electron chi connectivity index (χ4n) is 3.58. The van der Waals surface area contributed by atoms with Gasteiger partial charge in [-0.3, -0.25) is 14.4 Å². The lowest BCUT2D eigenvalue weighted by Gasteiger charge is -2.34. The number of amides is 3. The van der Waals surface area contributed by atoms with Crippen LogP contribution in [0.1, 0.15) is 44.0 Å². The lowest BCUT2D eigenvalue weighted by molar-refractivity contribution is -0.142. The molecule has 1 aromatic carbocycles. The van der Waals surface area contributed by atoms with Gasteiger partial charge in [-0.25, -0.2) is 0 Å². The smallest absolute Gasteiger partial charge is 0.251 e. The first-order chi connectivity index (χ1) is 15.6. The molecule has 0 bridgehead atoms. The molecule has 2 rings (SSSR count). The van der Waals surface area contributed by atoms with E-state index in [4.69, 9.17) is 15.2 Å². The van der Waals surface area contributed by atoms with Crippen molar-refractivity contribution in [2.75, 3.05) is 39.1 Å². The van der Waals surface area contributed by atoms with E-state index in [1.165, 1.54) is 18.1 Å². The van der Waals surface area contributed by atoms with E-state index in [0.717, 1.165) is 12.7 Å². The minimum atomic E-state index is -0.783. The van der Waals surface area contributed by atoms with Crippen LogP contribution in [0.4, 0.5) is 5.69 Å². The standard InChI is InChI=1S/C23H34N4O6/c1-23(2,3)20(22(31)27-10-5-6-16(27)13-28)26-19(29)14-33-11-9-25-21(30)15-7-8-17(24)18(12-15)32-4/h7-8,12-13,16,20H,5-6,9-11,14,24H2,1-4H3,(H,25,30)(H,26,29)/t16-,20+/m0/s1. The highest BCUT2D eigenvalue weighted by Gasteiger charge is 2.39. The molecule has 1 fully saturated rings. The molecule has 0 unspecified atom stereocenters. The molecule has 0 spiro atoms. The molecule has 33 heavy (non-hydrogen) atoms. The first kappa shape index (κ1) is 26.1. The van der Waals surface area contributed by atoms with Crippen LogP contribution < -0.4 is 21.1 Å². The van der Waals surface area contributed by atoms with E-state index >= 15 is 0 Å². The summed E-state index contributed by atoms with van der Waals surface area (Å²) in [6, 6.07) is 3.48. The third-order valence-electron chi connectivity index (χ3n) is 5.42. The van der Waals surface area contributed by atoms with E-state index in [-0.39, 0.29) is 31.6 Å². The molecule has 1 aliphatic rings. The van der Waals surface area contributed by atoms with Crippen molar-refractivity contribution in [1.82, 2.24) is 15.5 Å². The SMILES string of the molecule is COc1cc(C(=O)NCCOCC(=O)N[C@H](C(=O)N2CCC[C@H]2C=O)C(C)(C)C)ccc1N. The van der Waals surface area contributed by atoms with Crippen LogP contribution >= 0.6 is 0 Å². The summed E-state index contributed by atoms with van der Waals surface area (Å²) in [5.74, 6) is -0.627. The van der Waals surface area contributed by atoms with Crippen LogP contribution in [0, 0.1) is 5.41 Å². The first-order valence-corrected chi connectivity index (χ1v) is 10.9. The summed E-state index contributed by atoms with van der Waals surface area (Å²) in [5, 5.41) is 5.43. The summed E-state index contributed by atoms with van der Waals surface area (Å²) in [6.45, 7) is 6.09. The van der Waals surface area contributed by atoms with Gasteiger partial charge in [-0.15, -0.1) is 0 Å². The van der Waals surface area contributed by atoms with Crippen molar-refractivity contribution in [1.29, 1.82) is 0 Å². The van der Waals surface area contributed by atoms with Crippen molar-refractivity contribution in [3.05, 3.63) is 23.8 Å². The average molecular weight is 463 g/mol. The van der Waals surface area contributed by atoms with Gasteiger partial charge < -0.3 is 35.5 Å². The Labute approximate surface area is 194 Å².